The third-order valence-electron chi connectivity index (χ3n) is 4.65. The van der Waals surface area contributed by atoms with Crippen molar-refractivity contribution in [2.75, 3.05) is 18.0 Å². The van der Waals surface area contributed by atoms with E-state index >= 15 is 0 Å². The van der Waals surface area contributed by atoms with Gasteiger partial charge in [-0.1, -0.05) is 18.0 Å². The Hall–Kier alpha value is -2.12. The first kappa shape index (κ1) is 16.7. The molecule has 2 aliphatic rings. The van der Waals surface area contributed by atoms with Gasteiger partial charge in [-0.15, -0.1) is 12.4 Å². The number of benzene rings is 1. The maximum absolute atomic E-state index is 11.7. The van der Waals surface area contributed by atoms with Crippen molar-refractivity contribution in [3.8, 4) is 11.5 Å². The molecule has 2 fully saturated rings. The summed E-state index contributed by atoms with van der Waals surface area (Å²) in [6.07, 6.45) is 4.00. The summed E-state index contributed by atoms with van der Waals surface area (Å²) in [5.41, 5.74) is 7.59. The van der Waals surface area contributed by atoms with Gasteiger partial charge in [0.15, 0.2) is 5.82 Å². The predicted molar refractivity (Wildman–Crippen MR) is 92.1 cm³/mol. The number of nitrogens with zero attached hydrogens (tertiary/aromatic N) is 3. The van der Waals surface area contributed by atoms with E-state index in [1.165, 1.54) is 0 Å². The van der Waals surface area contributed by atoms with Gasteiger partial charge >= 0.3 is 6.03 Å². The predicted octanol–water partition coefficient (Wildman–Crippen LogP) is 2.42. The van der Waals surface area contributed by atoms with E-state index in [1.54, 1.807) is 4.90 Å². The first-order chi connectivity index (χ1) is 11.2. The molecular weight excluding hydrogens is 330 g/mol. The molecule has 1 aliphatic carbocycles. The molecule has 24 heavy (non-hydrogen) atoms. The fourth-order valence-electron chi connectivity index (χ4n) is 3.27. The Balaban J connectivity index is 0.00000169. The van der Waals surface area contributed by atoms with E-state index in [0.717, 1.165) is 36.9 Å². The van der Waals surface area contributed by atoms with Crippen LogP contribution in [0.2, 0.25) is 0 Å². The van der Waals surface area contributed by atoms with Crippen LogP contribution in [0.4, 0.5) is 10.5 Å². The number of carbonyl (C=O) groups excluding carboxylic acids is 1. The lowest BCUT2D eigenvalue weighted by Crippen LogP contribution is -2.34. The zero-order chi connectivity index (χ0) is 15.9. The molecule has 1 saturated carbocycles. The van der Waals surface area contributed by atoms with Gasteiger partial charge in [-0.25, -0.2) is 4.79 Å². The second kappa shape index (κ2) is 6.41. The lowest BCUT2D eigenvalue weighted by Gasteiger charge is -2.17. The van der Waals surface area contributed by atoms with E-state index in [0.29, 0.717) is 24.8 Å². The van der Waals surface area contributed by atoms with Crippen molar-refractivity contribution in [2.45, 2.75) is 31.2 Å². The number of anilines is 1. The molecule has 1 saturated heterocycles. The normalized spacial score (nSPS) is 19.2. The molecule has 1 aromatic heterocycles. The zero-order valence-electron chi connectivity index (χ0n) is 13.2. The van der Waals surface area contributed by atoms with Crippen LogP contribution in [0.5, 0.6) is 0 Å². The Labute approximate surface area is 146 Å². The number of aromatic nitrogens is 2. The first-order valence-corrected chi connectivity index (χ1v) is 7.95. The molecule has 3 N–H and O–H groups in total. The van der Waals surface area contributed by atoms with Gasteiger partial charge in [-0.2, -0.15) is 4.98 Å². The fourth-order valence-corrected chi connectivity index (χ4v) is 3.27. The van der Waals surface area contributed by atoms with Crippen molar-refractivity contribution >= 4 is 24.1 Å². The van der Waals surface area contributed by atoms with Gasteiger partial charge in [-0.3, -0.25) is 4.90 Å². The highest BCUT2D eigenvalue weighted by molar-refractivity contribution is 5.94. The summed E-state index contributed by atoms with van der Waals surface area (Å²) in [6.45, 7) is 1.35. The van der Waals surface area contributed by atoms with Gasteiger partial charge in [-0.05, 0) is 37.1 Å². The number of nitrogens with two attached hydrogens (primary N) is 1. The lowest BCUT2D eigenvalue weighted by atomic mass is 9.99. The third kappa shape index (κ3) is 2.85. The molecule has 2 aromatic rings. The van der Waals surface area contributed by atoms with Crippen molar-refractivity contribution in [1.29, 1.82) is 0 Å². The second-order valence-electron chi connectivity index (χ2n) is 6.22. The maximum atomic E-state index is 11.7. The van der Waals surface area contributed by atoms with Gasteiger partial charge in [0.05, 0.1) is 5.54 Å². The van der Waals surface area contributed by atoms with E-state index < -0.39 is 5.54 Å². The molecule has 7 nitrogen and oxygen atoms in total. The summed E-state index contributed by atoms with van der Waals surface area (Å²) >= 11 is 0. The Morgan fingerprint density at radius 1 is 1.21 bits per heavy atom. The van der Waals surface area contributed by atoms with Crippen LogP contribution in [0, 0.1) is 0 Å². The molecule has 4 rings (SSSR count). The molecule has 2 amide bonds. The van der Waals surface area contributed by atoms with Crippen LogP contribution in [0.3, 0.4) is 0 Å². The zero-order valence-corrected chi connectivity index (χ0v) is 14.0. The van der Waals surface area contributed by atoms with Gasteiger partial charge in [0.1, 0.15) is 0 Å². The smallest absolute Gasteiger partial charge is 0.321 e. The van der Waals surface area contributed by atoms with Gasteiger partial charge < -0.3 is 15.6 Å². The molecule has 128 valence electrons. The summed E-state index contributed by atoms with van der Waals surface area (Å²) in [7, 11) is 0. The number of amides is 2. The number of urea groups is 1. The van der Waals surface area contributed by atoms with E-state index in [-0.39, 0.29) is 18.4 Å². The third-order valence-corrected chi connectivity index (χ3v) is 4.65. The van der Waals surface area contributed by atoms with Crippen LogP contribution in [0.15, 0.2) is 28.8 Å². The fraction of sp³-hybridized carbons (Fsp3) is 0.438. The van der Waals surface area contributed by atoms with Crippen LogP contribution in [-0.2, 0) is 5.54 Å². The minimum absolute atomic E-state index is 0. The Morgan fingerprint density at radius 2 is 1.92 bits per heavy atom. The van der Waals surface area contributed by atoms with E-state index in [2.05, 4.69) is 15.5 Å². The SMILES string of the molecule is Cl.NC1(c2noc(-c3ccc(N4CCNC4=O)cc3)n2)CCCC1. The minimum Gasteiger partial charge on any atom is -0.336 e. The minimum atomic E-state index is -0.449. The van der Waals surface area contributed by atoms with Crippen molar-refractivity contribution in [1.82, 2.24) is 15.5 Å². The van der Waals surface area contributed by atoms with Crippen LogP contribution >= 0.6 is 12.4 Å². The summed E-state index contributed by atoms with van der Waals surface area (Å²) in [5, 5.41) is 6.86. The molecule has 0 unspecified atom stereocenters. The topological polar surface area (TPSA) is 97.3 Å². The summed E-state index contributed by atoms with van der Waals surface area (Å²) < 4.78 is 5.38. The Morgan fingerprint density at radius 3 is 2.54 bits per heavy atom. The van der Waals surface area contributed by atoms with Gasteiger partial charge in [0, 0.05) is 24.3 Å². The molecule has 0 spiro atoms. The molecule has 2 heterocycles. The monoisotopic (exact) mass is 349 g/mol. The van der Waals surface area contributed by atoms with E-state index in [9.17, 15) is 4.79 Å². The maximum Gasteiger partial charge on any atom is 0.321 e. The number of halogens is 1. The van der Waals surface area contributed by atoms with Crippen molar-refractivity contribution in [3.63, 3.8) is 0 Å². The van der Waals surface area contributed by atoms with Crippen molar-refractivity contribution < 1.29 is 9.32 Å². The average Bonchev–Trinajstić information content (AvgIpc) is 3.28. The van der Waals surface area contributed by atoms with Crippen LogP contribution in [0.1, 0.15) is 31.5 Å². The molecular formula is C16H20ClN5O2. The van der Waals surface area contributed by atoms with Crippen LogP contribution in [0.25, 0.3) is 11.5 Å². The quantitative estimate of drug-likeness (QED) is 0.886. The molecule has 1 aromatic carbocycles. The number of hydrogen-bond donors (Lipinski definition) is 2. The standard InChI is InChI=1S/C16H19N5O2.ClH/c17-16(7-1-2-8-16)14-19-13(23-20-14)11-3-5-12(6-4-11)21-10-9-18-15(21)22;/h3-6H,1-2,7-10,17H2,(H,18,22);1H. The Bertz CT molecular complexity index is 724. The second-order valence-corrected chi connectivity index (χ2v) is 6.22. The van der Waals surface area contributed by atoms with Crippen LogP contribution in [-0.4, -0.2) is 29.3 Å². The number of hydrogen-bond acceptors (Lipinski definition) is 5. The lowest BCUT2D eigenvalue weighted by molar-refractivity contribution is 0.252. The molecule has 1 aliphatic heterocycles. The largest absolute Gasteiger partial charge is 0.336 e. The summed E-state index contributed by atoms with van der Waals surface area (Å²) in [6, 6.07) is 7.48. The van der Waals surface area contributed by atoms with E-state index in [4.69, 9.17) is 10.3 Å². The number of nitrogens with one attached hydrogen (secondary N) is 1. The molecule has 0 radical (unpaired) electrons. The van der Waals surface area contributed by atoms with Gasteiger partial charge in [0.25, 0.3) is 5.89 Å². The average molecular weight is 350 g/mol. The van der Waals surface area contributed by atoms with Gasteiger partial charge in [0.2, 0.25) is 0 Å². The van der Waals surface area contributed by atoms with Crippen LogP contribution < -0.4 is 16.0 Å². The highest BCUT2D eigenvalue weighted by Crippen LogP contribution is 2.35. The summed E-state index contributed by atoms with van der Waals surface area (Å²) in [4.78, 5) is 17.9. The summed E-state index contributed by atoms with van der Waals surface area (Å²) in [5.74, 6) is 1.06. The number of rotatable bonds is 3. The van der Waals surface area contributed by atoms with E-state index in [1.807, 2.05) is 24.3 Å². The van der Waals surface area contributed by atoms with Crippen molar-refractivity contribution in [3.05, 3.63) is 30.1 Å². The Kier molecular flexibility index (Phi) is 4.47. The highest BCUT2D eigenvalue weighted by atomic mass is 35.5. The first-order valence-electron chi connectivity index (χ1n) is 7.95. The highest BCUT2D eigenvalue weighted by Gasteiger charge is 2.36. The number of carbonyl (C=O) groups is 1. The molecule has 0 bridgehead atoms. The molecule has 8 heteroatoms. The molecule has 0 atom stereocenters. The van der Waals surface area contributed by atoms with Crippen molar-refractivity contribution in [2.24, 2.45) is 5.73 Å².